The summed E-state index contributed by atoms with van der Waals surface area (Å²) in [6, 6.07) is 11.1. The largest absolute Gasteiger partial charge is 0.497 e. The molecule has 4 aromatic rings. The van der Waals surface area contributed by atoms with Gasteiger partial charge in [0.15, 0.2) is 5.82 Å². The van der Waals surface area contributed by atoms with Crippen molar-refractivity contribution in [3.8, 4) is 23.0 Å². The molecule has 1 aromatic carbocycles. The van der Waals surface area contributed by atoms with Crippen molar-refractivity contribution in [1.82, 2.24) is 30.0 Å². The summed E-state index contributed by atoms with van der Waals surface area (Å²) < 4.78 is 12.0. The van der Waals surface area contributed by atoms with E-state index in [0.29, 0.717) is 36.2 Å². The smallest absolute Gasteiger partial charge is 0.271 e. The monoisotopic (exact) mass is 404 g/mol. The van der Waals surface area contributed by atoms with Gasteiger partial charge in [-0.3, -0.25) is 9.36 Å². The third-order valence-corrected chi connectivity index (χ3v) is 4.47. The molecule has 4 rings (SSSR count). The number of benzene rings is 1. The first kappa shape index (κ1) is 19.3. The number of aromatic nitrogens is 5. The summed E-state index contributed by atoms with van der Waals surface area (Å²) in [5, 5.41) is 6.73. The Morgan fingerprint density at radius 2 is 2.00 bits per heavy atom. The lowest BCUT2D eigenvalue weighted by Crippen LogP contribution is -2.23. The number of carbonyl (C=O) groups excluding carboxylic acids is 1. The lowest BCUT2D eigenvalue weighted by Gasteiger charge is -2.05. The molecule has 0 fully saturated rings. The summed E-state index contributed by atoms with van der Waals surface area (Å²) in [5.41, 5.74) is 2.00. The fourth-order valence-electron chi connectivity index (χ4n) is 2.76. The van der Waals surface area contributed by atoms with Crippen LogP contribution in [0.2, 0.25) is 0 Å². The van der Waals surface area contributed by atoms with Gasteiger partial charge in [0.05, 0.1) is 12.7 Å². The Morgan fingerprint density at radius 1 is 1.17 bits per heavy atom. The molecule has 0 saturated carbocycles. The minimum Gasteiger partial charge on any atom is -0.497 e. The van der Waals surface area contributed by atoms with Crippen molar-refractivity contribution < 1.29 is 14.1 Å². The Hall–Kier alpha value is -4.01. The number of imidazole rings is 1. The van der Waals surface area contributed by atoms with Gasteiger partial charge >= 0.3 is 0 Å². The van der Waals surface area contributed by atoms with Gasteiger partial charge in [-0.05, 0) is 29.8 Å². The molecule has 0 aliphatic carbocycles. The maximum Gasteiger partial charge on any atom is 0.271 e. The number of nitrogens with one attached hydrogen (secondary N) is 1. The van der Waals surface area contributed by atoms with E-state index < -0.39 is 0 Å². The molecule has 152 valence electrons. The lowest BCUT2D eigenvalue weighted by atomic mass is 10.2. The molecule has 30 heavy (non-hydrogen) atoms. The number of aryl methyl sites for hydroxylation is 1. The minimum atomic E-state index is -0.265. The Labute approximate surface area is 172 Å². The highest BCUT2D eigenvalue weighted by Gasteiger charge is 2.12. The summed E-state index contributed by atoms with van der Waals surface area (Å²) in [7, 11) is 1.61. The van der Waals surface area contributed by atoms with Gasteiger partial charge in [-0.15, -0.1) is 0 Å². The maximum atomic E-state index is 12.4. The molecule has 9 nitrogen and oxygen atoms in total. The molecule has 0 spiro atoms. The lowest BCUT2D eigenvalue weighted by molar-refractivity contribution is 0.0946. The van der Waals surface area contributed by atoms with Crippen molar-refractivity contribution in [3.63, 3.8) is 0 Å². The summed E-state index contributed by atoms with van der Waals surface area (Å²) in [6.45, 7) is 2.35. The Bertz CT molecular complexity index is 1130. The normalized spacial score (nSPS) is 10.7. The quantitative estimate of drug-likeness (QED) is 0.504. The first-order valence-electron chi connectivity index (χ1n) is 9.40. The second-order valence-electron chi connectivity index (χ2n) is 6.47. The summed E-state index contributed by atoms with van der Waals surface area (Å²) in [4.78, 5) is 25.3. The van der Waals surface area contributed by atoms with Crippen molar-refractivity contribution in [1.29, 1.82) is 0 Å². The number of pyridine rings is 1. The van der Waals surface area contributed by atoms with E-state index in [1.165, 1.54) is 0 Å². The standard InChI is InChI=1S/C21H20N6O3/c1-3-18-25-21(30-26-18)15-6-9-19(22-11-15)27-12-17(24-13-27)20(28)23-10-14-4-7-16(29-2)8-5-14/h4-9,11-13H,3,10H2,1-2H3,(H,23,28). The number of ether oxygens (including phenoxy) is 1. The van der Waals surface area contributed by atoms with Crippen LogP contribution in [0, 0.1) is 0 Å². The molecule has 3 aromatic heterocycles. The molecule has 9 heteroatoms. The molecule has 1 amide bonds. The van der Waals surface area contributed by atoms with Crippen molar-refractivity contribution in [2.75, 3.05) is 7.11 Å². The number of amides is 1. The molecular weight excluding hydrogens is 384 g/mol. The Morgan fingerprint density at radius 3 is 2.67 bits per heavy atom. The maximum absolute atomic E-state index is 12.4. The van der Waals surface area contributed by atoms with Crippen LogP contribution in [0.25, 0.3) is 17.3 Å². The van der Waals surface area contributed by atoms with Crippen LogP contribution >= 0.6 is 0 Å². The average Bonchev–Trinajstić information content (AvgIpc) is 3.48. The van der Waals surface area contributed by atoms with Gasteiger partial charge in [0.1, 0.15) is 23.6 Å². The predicted molar refractivity (Wildman–Crippen MR) is 108 cm³/mol. The topological polar surface area (TPSA) is 108 Å². The van der Waals surface area contributed by atoms with Gasteiger partial charge < -0.3 is 14.6 Å². The summed E-state index contributed by atoms with van der Waals surface area (Å²) in [5.74, 6) is 2.20. The van der Waals surface area contributed by atoms with E-state index >= 15 is 0 Å². The highest BCUT2D eigenvalue weighted by molar-refractivity contribution is 5.92. The van der Waals surface area contributed by atoms with E-state index in [1.807, 2.05) is 37.3 Å². The van der Waals surface area contributed by atoms with Gasteiger partial charge in [-0.25, -0.2) is 9.97 Å². The van der Waals surface area contributed by atoms with Gasteiger partial charge in [0.2, 0.25) is 0 Å². The SMILES string of the molecule is CCc1noc(-c2ccc(-n3cnc(C(=O)NCc4ccc(OC)cc4)c3)nc2)n1. The number of nitrogens with zero attached hydrogens (tertiary/aromatic N) is 5. The third kappa shape index (κ3) is 4.19. The molecule has 0 radical (unpaired) electrons. The van der Waals surface area contributed by atoms with Crippen molar-refractivity contribution >= 4 is 5.91 Å². The molecule has 0 bridgehead atoms. The predicted octanol–water partition coefficient (Wildman–Crippen LogP) is 2.82. The van der Waals surface area contributed by atoms with E-state index in [2.05, 4.69) is 25.4 Å². The zero-order chi connectivity index (χ0) is 20.9. The van der Waals surface area contributed by atoms with Crippen LogP contribution in [0.5, 0.6) is 5.75 Å². The van der Waals surface area contributed by atoms with E-state index in [9.17, 15) is 4.79 Å². The molecule has 0 atom stereocenters. The van der Waals surface area contributed by atoms with Gasteiger partial charge in [-0.1, -0.05) is 24.2 Å². The summed E-state index contributed by atoms with van der Waals surface area (Å²) in [6.07, 6.45) is 5.53. The summed E-state index contributed by atoms with van der Waals surface area (Å²) >= 11 is 0. The van der Waals surface area contributed by atoms with Crippen LogP contribution in [0.4, 0.5) is 0 Å². The highest BCUT2D eigenvalue weighted by atomic mass is 16.5. The van der Waals surface area contributed by atoms with Crippen LogP contribution in [0.15, 0.2) is 59.6 Å². The van der Waals surface area contributed by atoms with Gasteiger partial charge in [-0.2, -0.15) is 4.98 Å². The molecule has 0 aliphatic rings. The molecule has 0 aliphatic heterocycles. The van der Waals surface area contributed by atoms with Crippen molar-refractivity contribution in [2.24, 2.45) is 0 Å². The Kier molecular flexibility index (Phi) is 5.51. The zero-order valence-corrected chi connectivity index (χ0v) is 16.6. The van der Waals surface area contributed by atoms with Gasteiger partial charge in [0.25, 0.3) is 11.8 Å². The molecule has 3 heterocycles. The van der Waals surface area contributed by atoms with Crippen molar-refractivity contribution in [2.45, 2.75) is 19.9 Å². The van der Waals surface area contributed by atoms with Crippen LogP contribution in [0.3, 0.4) is 0 Å². The fraction of sp³-hybridized carbons (Fsp3) is 0.190. The van der Waals surface area contributed by atoms with Crippen molar-refractivity contribution in [3.05, 3.63) is 72.2 Å². The Balaban J connectivity index is 1.40. The highest BCUT2D eigenvalue weighted by Crippen LogP contribution is 2.18. The molecule has 1 N–H and O–H groups in total. The van der Waals surface area contributed by atoms with Crippen LogP contribution in [0.1, 0.15) is 28.8 Å². The van der Waals surface area contributed by atoms with Crippen LogP contribution in [-0.4, -0.2) is 37.7 Å². The zero-order valence-electron chi connectivity index (χ0n) is 16.6. The number of methoxy groups -OCH3 is 1. The fourth-order valence-corrected chi connectivity index (χ4v) is 2.76. The van der Waals surface area contributed by atoms with E-state index in [-0.39, 0.29) is 5.91 Å². The first-order valence-corrected chi connectivity index (χ1v) is 9.40. The van der Waals surface area contributed by atoms with E-state index in [4.69, 9.17) is 9.26 Å². The second kappa shape index (κ2) is 8.56. The molecule has 0 saturated heterocycles. The number of hydrogen-bond acceptors (Lipinski definition) is 7. The van der Waals surface area contributed by atoms with E-state index in [1.54, 1.807) is 36.5 Å². The minimum absolute atomic E-state index is 0.265. The van der Waals surface area contributed by atoms with Crippen LogP contribution < -0.4 is 10.1 Å². The van der Waals surface area contributed by atoms with E-state index in [0.717, 1.165) is 16.9 Å². The first-order chi connectivity index (χ1) is 14.7. The molecular formula is C21H20N6O3. The van der Waals surface area contributed by atoms with Crippen LogP contribution in [-0.2, 0) is 13.0 Å². The molecule has 0 unspecified atom stereocenters. The van der Waals surface area contributed by atoms with Gasteiger partial charge in [0, 0.05) is 25.4 Å². The second-order valence-corrected chi connectivity index (χ2v) is 6.47. The number of carbonyl (C=O) groups is 1. The third-order valence-electron chi connectivity index (χ3n) is 4.47. The number of hydrogen-bond donors (Lipinski definition) is 1. The number of rotatable bonds is 7. The average molecular weight is 404 g/mol.